The molecule has 2 N–H and O–H groups in total. The van der Waals surface area contributed by atoms with Gasteiger partial charge in [0.15, 0.2) is 0 Å². The van der Waals surface area contributed by atoms with Gasteiger partial charge in [0, 0.05) is 18.5 Å². The molecule has 0 radical (unpaired) electrons. The molecule has 2 unspecified atom stereocenters. The van der Waals surface area contributed by atoms with Crippen LogP contribution >= 0.6 is 0 Å². The van der Waals surface area contributed by atoms with Gasteiger partial charge in [-0.25, -0.2) is 0 Å². The number of benzene rings is 1. The van der Waals surface area contributed by atoms with Crippen molar-refractivity contribution in [3.8, 4) is 0 Å². The van der Waals surface area contributed by atoms with Crippen LogP contribution in [0.3, 0.4) is 0 Å². The molecule has 0 spiro atoms. The standard InChI is InChI=1S/C20H30N2O2/c1-6-19(23)21-13-18(15(4)5)22-20(24)17(14(2)3)12-16-10-8-7-9-11-16/h6-11,14-15,17-18H,1,12-13H2,2-5H3,(H,21,23)(H,22,24). The molecule has 0 bridgehead atoms. The summed E-state index contributed by atoms with van der Waals surface area (Å²) in [4.78, 5) is 24.1. The monoisotopic (exact) mass is 330 g/mol. The molecule has 1 aromatic rings. The first-order chi connectivity index (χ1) is 11.3. The molecule has 132 valence electrons. The molecule has 0 aliphatic heterocycles. The largest absolute Gasteiger partial charge is 0.351 e. The first-order valence-electron chi connectivity index (χ1n) is 8.59. The minimum Gasteiger partial charge on any atom is -0.351 e. The van der Waals surface area contributed by atoms with Crippen LogP contribution in [0.15, 0.2) is 43.0 Å². The Labute approximate surface area is 145 Å². The minimum atomic E-state index is -0.223. The summed E-state index contributed by atoms with van der Waals surface area (Å²) in [5.41, 5.74) is 1.16. The van der Waals surface area contributed by atoms with Gasteiger partial charge in [0.05, 0.1) is 0 Å². The van der Waals surface area contributed by atoms with Crippen molar-refractivity contribution >= 4 is 11.8 Å². The summed E-state index contributed by atoms with van der Waals surface area (Å²) in [6.07, 6.45) is 1.96. The molecule has 0 fully saturated rings. The van der Waals surface area contributed by atoms with Crippen molar-refractivity contribution in [2.75, 3.05) is 6.54 Å². The van der Waals surface area contributed by atoms with E-state index in [1.165, 1.54) is 6.08 Å². The van der Waals surface area contributed by atoms with Crippen LogP contribution in [0, 0.1) is 17.8 Å². The van der Waals surface area contributed by atoms with Crippen LogP contribution in [0.4, 0.5) is 0 Å². The van der Waals surface area contributed by atoms with Crippen LogP contribution in [0.5, 0.6) is 0 Å². The maximum Gasteiger partial charge on any atom is 0.243 e. The Morgan fingerprint density at radius 1 is 1.08 bits per heavy atom. The van der Waals surface area contributed by atoms with Crippen molar-refractivity contribution in [3.05, 3.63) is 48.6 Å². The predicted octanol–water partition coefficient (Wildman–Crippen LogP) is 2.94. The number of rotatable bonds is 9. The Morgan fingerprint density at radius 2 is 1.71 bits per heavy atom. The normalized spacial score (nSPS) is 13.4. The van der Waals surface area contributed by atoms with Gasteiger partial charge in [0.25, 0.3) is 0 Å². The molecule has 2 atom stereocenters. The van der Waals surface area contributed by atoms with E-state index in [0.717, 1.165) is 5.56 Å². The van der Waals surface area contributed by atoms with Crippen LogP contribution in [-0.2, 0) is 16.0 Å². The van der Waals surface area contributed by atoms with Gasteiger partial charge in [-0.15, -0.1) is 0 Å². The van der Waals surface area contributed by atoms with Gasteiger partial charge in [-0.2, -0.15) is 0 Å². The third kappa shape index (κ3) is 6.57. The fourth-order valence-electron chi connectivity index (χ4n) is 2.53. The van der Waals surface area contributed by atoms with Gasteiger partial charge < -0.3 is 10.6 Å². The molecule has 4 nitrogen and oxygen atoms in total. The Hall–Kier alpha value is -2.10. The van der Waals surface area contributed by atoms with Gasteiger partial charge in [-0.1, -0.05) is 64.6 Å². The number of hydrogen-bond donors (Lipinski definition) is 2. The molecular formula is C20H30N2O2. The molecule has 0 aliphatic rings. The van der Waals surface area contributed by atoms with Crippen molar-refractivity contribution in [1.29, 1.82) is 0 Å². The van der Waals surface area contributed by atoms with E-state index in [0.29, 0.717) is 13.0 Å². The second kappa shape index (κ2) is 9.91. The van der Waals surface area contributed by atoms with Crippen LogP contribution in [0.25, 0.3) is 0 Å². The molecule has 2 amide bonds. The summed E-state index contributed by atoms with van der Waals surface area (Å²) in [5.74, 6) is 0.188. The Morgan fingerprint density at radius 3 is 2.21 bits per heavy atom. The highest BCUT2D eigenvalue weighted by molar-refractivity contribution is 5.87. The number of nitrogens with one attached hydrogen (secondary N) is 2. The maximum atomic E-state index is 12.8. The summed E-state index contributed by atoms with van der Waals surface area (Å²) in [6.45, 7) is 12.1. The number of carbonyl (C=O) groups excluding carboxylic acids is 2. The van der Waals surface area contributed by atoms with E-state index in [4.69, 9.17) is 0 Å². The molecule has 1 rings (SSSR count). The predicted molar refractivity (Wildman–Crippen MR) is 98.4 cm³/mol. The van der Waals surface area contributed by atoms with Crippen LogP contribution in [0.1, 0.15) is 33.3 Å². The van der Waals surface area contributed by atoms with E-state index in [9.17, 15) is 9.59 Å². The van der Waals surface area contributed by atoms with E-state index >= 15 is 0 Å². The molecule has 0 heterocycles. The fourth-order valence-corrected chi connectivity index (χ4v) is 2.53. The van der Waals surface area contributed by atoms with E-state index in [2.05, 4.69) is 31.1 Å². The zero-order valence-electron chi connectivity index (χ0n) is 15.2. The zero-order valence-corrected chi connectivity index (χ0v) is 15.2. The summed E-state index contributed by atoms with van der Waals surface area (Å²) < 4.78 is 0. The third-order valence-corrected chi connectivity index (χ3v) is 4.25. The highest BCUT2D eigenvalue weighted by atomic mass is 16.2. The second-order valence-corrected chi connectivity index (χ2v) is 6.85. The molecule has 0 saturated heterocycles. The van der Waals surface area contributed by atoms with Crippen molar-refractivity contribution < 1.29 is 9.59 Å². The average molecular weight is 330 g/mol. The quantitative estimate of drug-likeness (QED) is 0.684. The van der Waals surface area contributed by atoms with Crippen LogP contribution in [-0.4, -0.2) is 24.4 Å². The number of amides is 2. The SMILES string of the molecule is C=CC(=O)NCC(NC(=O)C(Cc1ccccc1)C(C)C)C(C)C. The summed E-state index contributed by atoms with van der Waals surface area (Å²) >= 11 is 0. The number of carbonyl (C=O) groups is 2. The van der Waals surface area contributed by atoms with Crippen molar-refractivity contribution in [3.63, 3.8) is 0 Å². The minimum absolute atomic E-state index is 0.0420. The lowest BCUT2D eigenvalue weighted by Gasteiger charge is -2.27. The molecule has 24 heavy (non-hydrogen) atoms. The lowest BCUT2D eigenvalue weighted by atomic mass is 9.88. The van der Waals surface area contributed by atoms with E-state index in [1.54, 1.807) is 0 Å². The summed E-state index contributed by atoms with van der Waals surface area (Å²) in [7, 11) is 0. The molecule has 0 aliphatic carbocycles. The van der Waals surface area contributed by atoms with Gasteiger partial charge in [0.1, 0.15) is 0 Å². The van der Waals surface area contributed by atoms with Gasteiger partial charge >= 0.3 is 0 Å². The average Bonchev–Trinajstić information content (AvgIpc) is 2.56. The highest BCUT2D eigenvalue weighted by Crippen LogP contribution is 2.18. The lowest BCUT2D eigenvalue weighted by Crippen LogP contribution is -2.49. The Kier molecular flexibility index (Phi) is 8.24. The number of hydrogen-bond acceptors (Lipinski definition) is 2. The topological polar surface area (TPSA) is 58.2 Å². The molecular weight excluding hydrogens is 300 g/mol. The van der Waals surface area contributed by atoms with Crippen LogP contribution < -0.4 is 10.6 Å². The van der Waals surface area contributed by atoms with Crippen molar-refractivity contribution in [2.45, 2.75) is 40.2 Å². The van der Waals surface area contributed by atoms with Gasteiger partial charge in [0.2, 0.25) is 11.8 Å². The summed E-state index contributed by atoms with van der Waals surface area (Å²) in [6, 6.07) is 9.96. The smallest absolute Gasteiger partial charge is 0.243 e. The lowest BCUT2D eigenvalue weighted by molar-refractivity contribution is -0.127. The second-order valence-electron chi connectivity index (χ2n) is 6.85. The molecule has 4 heteroatoms. The Balaban J connectivity index is 2.74. The van der Waals surface area contributed by atoms with E-state index in [1.807, 2.05) is 44.2 Å². The van der Waals surface area contributed by atoms with E-state index in [-0.39, 0.29) is 35.6 Å². The van der Waals surface area contributed by atoms with E-state index < -0.39 is 0 Å². The molecule has 0 aromatic heterocycles. The highest BCUT2D eigenvalue weighted by Gasteiger charge is 2.26. The Bertz CT molecular complexity index is 538. The summed E-state index contributed by atoms with van der Waals surface area (Å²) in [5, 5.41) is 5.87. The van der Waals surface area contributed by atoms with Crippen molar-refractivity contribution in [1.82, 2.24) is 10.6 Å². The first-order valence-corrected chi connectivity index (χ1v) is 8.59. The first kappa shape index (κ1) is 19.9. The molecule has 1 aromatic carbocycles. The van der Waals surface area contributed by atoms with Gasteiger partial charge in [-0.3, -0.25) is 9.59 Å². The molecule has 0 saturated carbocycles. The van der Waals surface area contributed by atoms with Crippen molar-refractivity contribution in [2.24, 2.45) is 17.8 Å². The third-order valence-electron chi connectivity index (χ3n) is 4.25. The van der Waals surface area contributed by atoms with Crippen LogP contribution in [0.2, 0.25) is 0 Å². The fraction of sp³-hybridized carbons (Fsp3) is 0.500. The zero-order chi connectivity index (χ0) is 18.1. The van der Waals surface area contributed by atoms with Gasteiger partial charge in [-0.05, 0) is 29.9 Å². The maximum absolute atomic E-state index is 12.8.